The Labute approximate surface area is 117 Å². The van der Waals surface area contributed by atoms with Crippen LogP contribution in [0.4, 0.5) is 0 Å². The molecule has 102 valence electrons. The highest BCUT2D eigenvalue weighted by Gasteiger charge is 2.09. The minimum atomic E-state index is 0.541. The predicted molar refractivity (Wildman–Crippen MR) is 83.3 cm³/mol. The van der Waals surface area contributed by atoms with E-state index in [1.54, 1.807) is 0 Å². The van der Waals surface area contributed by atoms with Crippen molar-refractivity contribution in [2.24, 2.45) is 5.92 Å². The number of benzene rings is 1. The molecule has 2 heteroatoms. The molecular weight excluding hydrogens is 238 g/mol. The summed E-state index contributed by atoms with van der Waals surface area (Å²) < 4.78 is 0. The average Bonchev–Trinajstić information content (AvgIpc) is 2.27. The zero-order valence-corrected chi connectivity index (χ0v) is 13.4. The zero-order chi connectivity index (χ0) is 13.7. The molecule has 0 aliphatic rings. The summed E-state index contributed by atoms with van der Waals surface area (Å²) in [6.45, 7) is 14.4. The van der Waals surface area contributed by atoms with Gasteiger partial charge in [0.25, 0.3) is 0 Å². The van der Waals surface area contributed by atoms with E-state index in [2.05, 4.69) is 65.1 Å². The number of rotatable bonds is 6. The third kappa shape index (κ3) is 5.03. The van der Waals surface area contributed by atoms with Gasteiger partial charge in [0.05, 0.1) is 0 Å². The van der Waals surface area contributed by atoms with Crippen LogP contribution in [0, 0.1) is 12.8 Å². The zero-order valence-electron chi connectivity index (χ0n) is 12.6. The van der Waals surface area contributed by atoms with E-state index in [1.165, 1.54) is 16.0 Å². The van der Waals surface area contributed by atoms with Crippen molar-refractivity contribution >= 4 is 11.8 Å². The van der Waals surface area contributed by atoms with Crippen molar-refractivity contribution in [3.05, 3.63) is 29.3 Å². The van der Waals surface area contributed by atoms with Crippen LogP contribution in [0.1, 0.15) is 45.7 Å². The van der Waals surface area contributed by atoms with Gasteiger partial charge in [0, 0.05) is 22.7 Å². The molecule has 0 spiro atoms. The second-order valence-electron chi connectivity index (χ2n) is 5.69. The van der Waals surface area contributed by atoms with Crippen LogP contribution in [0.15, 0.2) is 23.1 Å². The molecule has 0 amide bonds. The van der Waals surface area contributed by atoms with E-state index in [9.17, 15) is 0 Å². The largest absolute Gasteiger partial charge is 0.310 e. The topological polar surface area (TPSA) is 12.0 Å². The predicted octanol–water partition coefficient (Wildman–Crippen LogP) is 4.63. The van der Waals surface area contributed by atoms with Gasteiger partial charge in [0.1, 0.15) is 0 Å². The molecule has 0 aliphatic carbocycles. The second kappa shape index (κ2) is 7.20. The van der Waals surface area contributed by atoms with Crippen molar-refractivity contribution in [3.63, 3.8) is 0 Å². The van der Waals surface area contributed by atoms with Crippen molar-refractivity contribution in [2.75, 3.05) is 0 Å². The Hall–Kier alpha value is -0.470. The fourth-order valence-electron chi connectivity index (χ4n) is 1.60. The first-order valence-corrected chi connectivity index (χ1v) is 7.77. The normalized spacial score (nSPS) is 13.3. The Balaban J connectivity index is 2.67. The lowest BCUT2D eigenvalue weighted by molar-refractivity contribution is 0.587. The summed E-state index contributed by atoms with van der Waals surface area (Å²) in [7, 11) is 0. The van der Waals surface area contributed by atoms with E-state index < -0.39 is 0 Å². The Morgan fingerprint density at radius 3 is 2.28 bits per heavy atom. The van der Waals surface area contributed by atoms with Gasteiger partial charge in [-0.3, -0.25) is 0 Å². The molecule has 0 aliphatic heterocycles. The highest BCUT2D eigenvalue weighted by Crippen LogP contribution is 2.29. The second-order valence-corrected chi connectivity index (χ2v) is 7.14. The van der Waals surface area contributed by atoms with Crippen molar-refractivity contribution in [3.8, 4) is 0 Å². The van der Waals surface area contributed by atoms with E-state index in [0.29, 0.717) is 11.3 Å². The van der Waals surface area contributed by atoms with E-state index in [-0.39, 0.29) is 0 Å². The van der Waals surface area contributed by atoms with Gasteiger partial charge in [-0.25, -0.2) is 0 Å². The lowest BCUT2D eigenvalue weighted by atomic mass is 10.1. The maximum Gasteiger partial charge on any atom is 0.0210 e. The first kappa shape index (κ1) is 15.6. The third-order valence-corrected chi connectivity index (χ3v) is 4.72. The molecule has 1 nitrogen and oxygen atoms in total. The van der Waals surface area contributed by atoms with Crippen LogP contribution in [0.25, 0.3) is 0 Å². The summed E-state index contributed by atoms with van der Waals surface area (Å²) in [6.07, 6.45) is 0. The van der Waals surface area contributed by atoms with Crippen LogP contribution in [0.3, 0.4) is 0 Å². The summed E-state index contributed by atoms with van der Waals surface area (Å²) in [6, 6.07) is 7.38. The highest BCUT2D eigenvalue weighted by molar-refractivity contribution is 8.00. The molecule has 1 N–H and O–H groups in total. The maximum atomic E-state index is 3.47. The average molecular weight is 265 g/mol. The van der Waals surface area contributed by atoms with Crippen LogP contribution in [0.2, 0.25) is 0 Å². The molecule has 1 atom stereocenters. The molecule has 0 aromatic heterocycles. The van der Waals surface area contributed by atoms with Gasteiger partial charge >= 0.3 is 0 Å². The molecule has 1 aromatic rings. The van der Waals surface area contributed by atoms with Gasteiger partial charge < -0.3 is 5.32 Å². The molecule has 0 saturated carbocycles. The first-order valence-electron chi connectivity index (χ1n) is 6.89. The van der Waals surface area contributed by atoms with E-state index in [4.69, 9.17) is 0 Å². The van der Waals surface area contributed by atoms with Gasteiger partial charge in [-0.05, 0) is 36.1 Å². The first-order chi connectivity index (χ1) is 8.40. The van der Waals surface area contributed by atoms with Gasteiger partial charge in [-0.15, -0.1) is 11.8 Å². The monoisotopic (exact) mass is 265 g/mol. The standard InChI is InChI=1S/C16H27NS/c1-11(2)14(6)18-16-8-7-15(13(5)9-16)10-17-12(3)4/h7-9,11-12,14,17H,10H2,1-6H3. The Kier molecular flexibility index (Phi) is 6.24. The van der Waals surface area contributed by atoms with Gasteiger partial charge in [-0.1, -0.05) is 40.7 Å². The molecule has 0 fully saturated rings. The molecule has 0 saturated heterocycles. The van der Waals surface area contributed by atoms with Crippen LogP contribution in [-0.4, -0.2) is 11.3 Å². The van der Waals surface area contributed by atoms with E-state index in [1.807, 2.05) is 11.8 Å². The number of hydrogen-bond acceptors (Lipinski definition) is 2. The van der Waals surface area contributed by atoms with E-state index in [0.717, 1.165) is 12.5 Å². The molecule has 1 unspecified atom stereocenters. The molecule has 0 bridgehead atoms. The van der Waals surface area contributed by atoms with Crippen molar-refractivity contribution < 1.29 is 0 Å². The van der Waals surface area contributed by atoms with Crippen LogP contribution < -0.4 is 5.32 Å². The fraction of sp³-hybridized carbons (Fsp3) is 0.625. The Morgan fingerprint density at radius 2 is 1.78 bits per heavy atom. The summed E-state index contributed by atoms with van der Waals surface area (Å²) in [5, 5.41) is 4.14. The van der Waals surface area contributed by atoms with Crippen LogP contribution >= 0.6 is 11.8 Å². The molecule has 1 aromatic carbocycles. The van der Waals surface area contributed by atoms with Crippen LogP contribution in [-0.2, 0) is 6.54 Å². The van der Waals surface area contributed by atoms with Gasteiger partial charge in [-0.2, -0.15) is 0 Å². The molecule has 18 heavy (non-hydrogen) atoms. The quantitative estimate of drug-likeness (QED) is 0.753. The maximum absolute atomic E-state index is 3.47. The number of nitrogens with one attached hydrogen (secondary N) is 1. The number of thioether (sulfide) groups is 1. The summed E-state index contributed by atoms with van der Waals surface area (Å²) >= 11 is 1.98. The minimum absolute atomic E-state index is 0.541. The smallest absolute Gasteiger partial charge is 0.0210 e. The molecule has 0 radical (unpaired) electrons. The number of aryl methyl sites for hydroxylation is 1. The molecular formula is C16H27NS. The van der Waals surface area contributed by atoms with Gasteiger partial charge in [0.2, 0.25) is 0 Å². The van der Waals surface area contributed by atoms with Crippen molar-refractivity contribution in [2.45, 2.75) is 64.3 Å². The van der Waals surface area contributed by atoms with Gasteiger partial charge in [0.15, 0.2) is 0 Å². The number of hydrogen-bond donors (Lipinski definition) is 1. The lowest BCUT2D eigenvalue weighted by Crippen LogP contribution is -2.22. The van der Waals surface area contributed by atoms with Crippen molar-refractivity contribution in [1.29, 1.82) is 0 Å². The minimum Gasteiger partial charge on any atom is -0.310 e. The lowest BCUT2D eigenvalue weighted by Gasteiger charge is -2.16. The van der Waals surface area contributed by atoms with Crippen LogP contribution in [0.5, 0.6) is 0 Å². The summed E-state index contributed by atoms with van der Waals surface area (Å²) in [5.74, 6) is 0.720. The third-order valence-electron chi connectivity index (χ3n) is 3.28. The Bertz CT molecular complexity index is 371. The summed E-state index contributed by atoms with van der Waals surface area (Å²) in [4.78, 5) is 1.39. The molecule has 0 heterocycles. The molecule has 1 rings (SSSR count). The van der Waals surface area contributed by atoms with Crippen molar-refractivity contribution in [1.82, 2.24) is 5.32 Å². The fourth-order valence-corrected chi connectivity index (χ4v) is 2.70. The SMILES string of the molecule is Cc1cc(SC(C)C(C)C)ccc1CNC(C)C. The highest BCUT2D eigenvalue weighted by atomic mass is 32.2. The Morgan fingerprint density at radius 1 is 1.11 bits per heavy atom. The summed E-state index contributed by atoms with van der Waals surface area (Å²) in [5.41, 5.74) is 2.80. The van der Waals surface area contributed by atoms with E-state index >= 15 is 0 Å².